The molecule has 1 fully saturated rings. The van der Waals surface area contributed by atoms with Gasteiger partial charge in [0.25, 0.3) is 5.91 Å². The van der Waals surface area contributed by atoms with Crippen molar-refractivity contribution in [2.24, 2.45) is 0 Å². The summed E-state index contributed by atoms with van der Waals surface area (Å²) in [5, 5.41) is 24.0. The minimum Gasteiger partial charge on any atom is -0.507 e. The Bertz CT molecular complexity index is 1160. The molecule has 0 radical (unpaired) electrons. The van der Waals surface area contributed by atoms with Gasteiger partial charge in [-0.15, -0.1) is 0 Å². The number of carbonyl (C=O) groups is 1. The third-order valence-corrected chi connectivity index (χ3v) is 6.71. The highest BCUT2D eigenvalue weighted by molar-refractivity contribution is 8.03. The van der Waals surface area contributed by atoms with Gasteiger partial charge in [-0.05, 0) is 48.0 Å². The maximum absolute atomic E-state index is 12.9. The normalized spacial score (nSPS) is 19.6. The van der Waals surface area contributed by atoms with Crippen LogP contribution in [0.3, 0.4) is 0 Å². The summed E-state index contributed by atoms with van der Waals surface area (Å²) < 4.78 is 5.98. The van der Waals surface area contributed by atoms with Crippen LogP contribution in [0, 0.1) is 0 Å². The third kappa shape index (κ3) is 3.87. The number of aromatic hydroxyl groups is 1. The first-order chi connectivity index (χ1) is 15.1. The fourth-order valence-electron chi connectivity index (χ4n) is 3.87. The number of hydrogen-bond donors (Lipinski definition) is 3. The van der Waals surface area contributed by atoms with Gasteiger partial charge in [-0.25, -0.2) is 0 Å². The number of thioether (sulfide) groups is 1. The van der Waals surface area contributed by atoms with Gasteiger partial charge >= 0.3 is 0 Å². The molecule has 1 saturated heterocycles. The number of aliphatic hydroxyl groups is 1. The monoisotopic (exact) mass is 434 g/mol. The number of nitrogens with one attached hydrogen (secondary N) is 1. The van der Waals surface area contributed by atoms with E-state index in [9.17, 15) is 15.0 Å². The molecule has 2 aliphatic rings. The molecule has 5 rings (SSSR count). The molecule has 1 aromatic heterocycles. The van der Waals surface area contributed by atoms with Gasteiger partial charge in [0.05, 0.1) is 5.56 Å². The van der Waals surface area contributed by atoms with E-state index in [0.717, 1.165) is 28.5 Å². The SMILES string of the molecule is O=C(c1cc(-c2ccc(/C=C3\Sc4ccccc4C3O)o2)ccc1O)N1CCNCC1. The molecule has 2 aliphatic heterocycles. The van der Waals surface area contributed by atoms with Gasteiger partial charge in [-0.2, -0.15) is 0 Å². The fourth-order valence-corrected chi connectivity index (χ4v) is 4.98. The highest BCUT2D eigenvalue weighted by atomic mass is 32.2. The third-order valence-electron chi connectivity index (χ3n) is 5.54. The van der Waals surface area contributed by atoms with Gasteiger partial charge in [-0.1, -0.05) is 30.0 Å². The number of piperazine rings is 1. The molecular weight excluding hydrogens is 412 g/mol. The number of carbonyl (C=O) groups excluding carboxylic acids is 1. The summed E-state index contributed by atoms with van der Waals surface area (Å²) in [6.07, 6.45) is 1.18. The van der Waals surface area contributed by atoms with Crippen molar-refractivity contribution in [3.63, 3.8) is 0 Å². The number of fused-ring (bicyclic) bond motifs is 1. The second-order valence-corrected chi connectivity index (χ2v) is 8.68. The highest BCUT2D eigenvalue weighted by Crippen LogP contribution is 2.47. The number of amides is 1. The van der Waals surface area contributed by atoms with Crippen LogP contribution in [-0.2, 0) is 0 Å². The Labute approximate surface area is 184 Å². The van der Waals surface area contributed by atoms with Crippen LogP contribution in [0.25, 0.3) is 17.4 Å². The largest absolute Gasteiger partial charge is 0.507 e. The smallest absolute Gasteiger partial charge is 0.257 e. The molecule has 0 aliphatic carbocycles. The molecule has 6 nitrogen and oxygen atoms in total. The van der Waals surface area contributed by atoms with E-state index < -0.39 is 6.10 Å². The second-order valence-electron chi connectivity index (χ2n) is 7.57. The van der Waals surface area contributed by atoms with Crippen molar-refractivity contribution in [2.75, 3.05) is 26.2 Å². The van der Waals surface area contributed by atoms with Crippen LogP contribution in [-0.4, -0.2) is 47.2 Å². The van der Waals surface area contributed by atoms with Crippen LogP contribution < -0.4 is 5.32 Å². The zero-order chi connectivity index (χ0) is 21.4. The number of phenols is 1. The lowest BCUT2D eigenvalue weighted by atomic mass is 10.1. The van der Waals surface area contributed by atoms with Crippen molar-refractivity contribution in [1.29, 1.82) is 0 Å². The summed E-state index contributed by atoms with van der Waals surface area (Å²) in [5.41, 5.74) is 1.89. The van der Waals surface area contributed by atoms with Gasteiger partial charge < -0.3 is 24.8 Å². The number of furan rings is 1. The summed E-state index contributed by atoms with van der Waals surface area (Å²) in [5.74, 6) is 0.992. The Morgan fingerprint density at radius 2 is 1.94 bits per heavy atom. The van der Waals surface area contributed by atoms with Gasteiger partial charge in [0.15, 0.2) is 0 Å². The van der Waals surface area contributed by atoms with E-state index >= 15 is 0 Å². The topological polar surface area (TPSA) is 85.9 Å². The average Bonchev–Trinajstić information content (AvgIpc) is 3.39. The zero-order valence-corrected chi connectivity index (χ0v) is 17.6. The molecule has 0 bridgehead atoms. The number of phenolic OH excluding ortho intramolecular Hbond substituents is 1. The van der Waals surface area contributed by atoms with Crippen molar-refractivity contribution in [3.05, 3.63) is 76.4 Å². The first-order valence-corrected chi connectivity index (χ1v) is 11.0. The standard InChI is InChI=1S/C24H22N2O4S/c27-19-7-5-15(13-18(19)24(29)26-11-9-25-10-12-26)20-8-6-16(30-20)14-22-23(28)17-3-1-2-4-21(17)31-22/h1-8,13-14,23,25,27-28H,9-12H2/b22-14-. The summed E-state index contributed by atoms with van der Waals surface area (Å²) in [4.78, 5) is 16.4. The molecule has 31 heavy (non-hydrogen) atoms. The molecule has 1 unspecified atom stereocenters. The van der Waals surface area contributed by atoms with Crippen LogP contribution in [0.15, 0.2) is 68.8 Å². The maximum Gasteiger partial charge on any atom is 0.257 e. The Balaban J connectivity index is 1.40. The predicted molar refractivity (Wildman–Crippen MR) is 120 cm³/mol. The molecule has 1 atom stereocenters. The molecule has 2 aromatic carbocycles. The molecule has 7 heteroatoms. The summed E-state index contributed by atoms with van der Waals surface area (Å²) in [6.45, 7) is 2.72. The average molecular weight is 435 g/mol. The van der Waals surface area contributed by atoms with Gasteiger partial charge in [0, 0.05) is 41.5 Å². The van der Waals surface area contributed by atoms with Gasteiger partial charge in [0.1, 0.15) is 23.4 Å². The molecule has 0 saturated carbocycles. The van der Waals surface area contributed by atoms with Crippen LogP contribution in [0.1, 0.15) is 27.8 Å². The van der Waals surface area contributed by atoms with Crippen LogP contribution in [0.2, 0.25) is 0 Å². The minimum atomic E-state index is -0.660. The molecule has 1 amide bonds. The lowest BCUT2D eigenvalue weighted by Crippen LogP contribution is -2.46. The minimum absolute atomic E-state index is 0.0376. The lowest BCUT2D eigenvalue weighted by molar-refractivity contribution is 0.0733. The molecule has 158 valence electrons. The number of hydrogen-bond acceptors (Lipinski definition) is 6. The number of aliphatic hydroxyl groups excluding tert-OH is 1. The van der Waals surface area contributed by atoms with E-state index in [1.165, 1.54) is 17.8 Å². The van der Waals surface area contributed by atoms with E-state index in [4.69, 9.17) is 4.42 Å². The van der Waals surface area contributed by atoms with Gasteiger partial charge in [-0.3, -0.25) is 4.79 Å². The zero-order valence-electron chi connectivity index (χ0n) is 16.7. The number of benzene rings is 2. The first-order valence-electron chi connectivity index (χ1n) is 10.2. The predicted octanol–water partition coefficient (Wildman–Crippen LogP) is 3.88. The number of nitrogens with zero attached hydrogens (tertiary/aromatic N) is 1. The van der Waals surface area contributed by atoms with E-state index in [1.54, 1.807) is 17.0 Å². The van der Waals surface area contributed by atoms with Crippen LogP contribution >= 0.6 is 11.8 Å². The number of rotatable bonds is 3. The van der Waals surface area contributed by atoms with E-state index in [2.05, 4.69) is 5.32 Å². The van der Waals surface area contributed by atoms with Crippen LogP contribution in [0.5, 0.6) is 5.75 Å². The van der Waals surface area contributed by atoms with E-state index in [0.29, 0.717) is 30.2 Å². The Kier molecular flexibility index (Phi) is 5.31. The lowest BCUT2D eigenvalue weighted by Gasteiger charge is -2.27. The summed E-state index contributed by atoms with van der Waals surface area (Å²) in [6, 6.07) is 16.4. The Morgan fingerprint density at radius 1 is 1.13 bits per heavy atom. The Hall–Kier alpha value is -3.00. The molecular formula is C24H22N2O4S. The first kappa shape index (κ1) is 19.9. The highest BCUT2D eigenvalue weighted by Gasteiger charge is 2.26. The molecule has 0 spiro atoms. The van der Waals surface area contributed by atoms with Gasteiger partial charge in [0.2, 0.25) is 0 Å². The van der Waals surface area contributed by atoms with E-state index in [1.807, 2.05) is 42.5 Å². The second kappa shape index (κ2) is 8.26. The van der Waals surface area contributed by atoms with Crippen molar-refractivity contribution in [2.45, 2.75) is 11.0 Å². The Morgan fingerprint density at radius 3 is 2.74 bits per heavy atom. The van der Waals surface area contributed by atoms with Crippen molar-refractivity contribution < 1.29 is 19.4 Å². The summed E-state index contributed by atoms with van der Waals surface area (Å²) >= 11 is 1.53. The quantitative estimate of drug-likeness (QED) is 0.580. The van der Waals surface area contributed by atoms with Crippen molar-refractivity contribution in [3.8, 4) is 17.1 Å². The van der Waals surface area contributed by atoms with E-state index in [-0.39, 0.29) is 17.2 Å². The fraction of sp³-hybridized carbons (Fsp3) is 0.208. The van der Waals surface area contributed by atoms with Crippen molar-refractivity contribution >= 4 is 23.7 Å². The molecule has 3 N–H and O–H groups in total. The maximum atomic E-state index is 12.9. The molecule has 3 aromatic rings. The van der Waals surface area contributed by atoms with Crippen molar-refractivity contribution in [1.82, 2.24) is 10.2 Å². The molecule has 3 heterocycles. The summed E-state index contributed by atoms with van der Waals surface area (Å²) in [7, 11) is 0. The van der Waals surface area contributed by atoms with Crippen LogP contribution in [0.4, 0.5) is 0 Å².